The average molecular weight is 370 g/mol. The van der Waals surface area contributed by atoms with E-state index in [1.807, 2.05) is 0 Å². The Kier molecular flexibility index (Phi) is 5.03. The quantitative estimate of drug-likeness (QED) is 0.506. The zero-order chi connectivity index (χ0) is 19.6. The second kappa shape index (κ2) is 7.41. The Morgan fingerprint density at radius 2 is 1.89 bits per heavy atom. The van der Waals surface area contributed by atoms with Crippen molar-refractivity contribution in [2.75, 3.05) is 7.11 Å². The van der Waals surface area contributed by atoms with Gasteiger partial charge < -0.3 is 24.1 Å². The van der Waals surface area contributed by atoms with E-state index in [4.69, 9.17) is 9.15 Å². The number of esters is 1. The second-order valence-corrected chi connectivity index (χ2v) is 5.99. The average Bonchev–Trinajstić information content (AvgIpc) is 3.02. The topological polar surface area (TPSA) is 106 Å². The molecule has 0 bridgehead atoms. The van der Waals surface area contributed by atoms with Crippen LogP contribution in [0.5, 0.6) is 17.2 Å². The third kappa shape index (κ3) is 3.72. The van der Waals surface area contributed by atoms with E-state index >= 15 is 0 Å². The summed E-state index contributed by atoms with van der Waals surface area (Å²) < 4.78 is 15.9. The number of furan rings is 1. The number of Topliss-reactive ketones (excluding diaryl/α,β-unsaturated/α-hetero) is 1. The third-order valence-electron chi connectivity index (χ3n) is 4.15. The zero-order valence-electron chi connectivity index (χ0n) is 14.8. The zero-order valence-corrected chi connectivity index (χ0v) is 14.8. The molecule has 2 N–H and O–H groups in total. The molecule has 7 nitrogen and oxygen atoms in total. The number of phenolic OH excluding ortho intramolecular Hbond substituents is 2. The highest BCUT2D eigenvalue weighted by Gasteiger charge is 2.20. The molecule has 27 heavy (non-hydrogen) atoms. The monoisotopic (exact) mass is 370 g/mol. The molecule has 1 aromatic heterocycles. The lowest BCUT2D eigenvalue weighted by Gasteiger charge is -2.11. The van der Waals surface area contributed by atoms with Crippen LogP contribution in [0, 0.1) is 0 Å². The number of aromatic hydroxyl groups is 2. The largest absolute Gasteiger partial charge is 0.508 e. The number of ketones is 1. The maximum absolute atomic E-state index is 12.2. The molecule has 3 aromatic rings. The Hall–Kier alpha value is -3.48. The first-order chi connectivity index (χ1) is 12.9. The van der Waals surface area contributed by atoms with Gasteiger partial charge >= 0.3 is 5.97 Å². The van der Waals surface area contributed by atoms with E-state index in [-0.39, 0.29) is 35.9 Å². The molecule has 1 heterocycles. The molecule has 0 fully saturated rings. The maximum atomic E-state index is 12.2. The van der Waals surface area contributed by atoms with E-state index in [1.54, 1.807) is 12.1 Å². The molecule has 7 heteroatoms. The lowest BCUT2D eigenvalue weighted by molar-refractivity contribution is -0.139. The maximum Gasteiger partial charge on any atom is 0.310 e. The van der Waals surface area contributed by atoms with E-state index in [9.17, 15) is 19.8 Å². The first kappa shape index (κ1) is 18.3. The van der Waals surface area contributed by atoms with Gasteiger partial charge in [-0.05, 0) is 31.2 Å². The minimum Gasteiger partial charge on any atom is -0.508 e. The number of methoxy groups -OCH3 is 1. The number of hydrogen-bond acceptors (Lipinski definition) is 7. The van der Waals surface area contributed by atoms with Gasteiger partial charge in [0, 0.05) is 22.6 Å². The van der Waals surface area contributed by atoms with Crippen LogP contribution in [-0.2, 0) is 22.6 Å². The first-order valence-electron chi connectivity index (χ1n) is 8.15. The summed E-state index contributed by atoms with van der Waals surface area (Å²) in [6, 6.07) is 7.49. The molecule has 0 saturated carbocycles. The molecule has 3 rings (SSSR count). The number of ether oxygens (including phenoxy) is 2. The lowest BCUT2D eigenvalue weighted by Crippen LogP contribution is -2.04. The van der Waals surface area contributed by atoms with Gasteiger partial charge in [0.1, 0.15) is 35.0 Å². The molecule has 140 valence electrons. The summed E-state index contributed by atoms with van der Waals surface area (Å²) in [5.74, 6) is -0.550. The fourth-order valence-corrected chi connectivity index (χ4v) is 2.78. The van der Waals surface area contributed by atoms with Gasteiger partial charge in [0.2, 0.25) is 0 Å². The van der Waals surface area contributed by atoms with Crippen LogP contribution in [0.3, 0.4) is 0 Å². The summed E-state index contributed by atoms with van der Waals surface area (Å²) >= 11 is 0. The molecule has 0 atom stereocenters. The number of fused-ring (bicyclic) bond motifs is 1. The van der Waals surface area contributed by atoms with Crippen molar-refractivity contribution in [3.05, 3.63) is 53.3 Å². The van der Waals surface area contributed by atoms with Crippen LogP contribution < -0.4 is 4.74 Å². The van der Waals surface area contributed by atoms with Crippen molar-refractivity contribution < 1.29 is 33.7 Å². The molecule has 0 unspecified atom stereocenters. The normalized spacial score (nSPS) is 10.7. The van der Waals surface area contributed by atoms with Crippen molar-refractivity contribution in [2.45, 2.75) is 20.0 Å². The number of carbonyl (C=O) groups is 2. The van der Waals surface area contributed by atoms with Gasteiger partial charge in [-0.3, -0.25) is 9.59 Å². The number of hydrogen-bond donors (Lipinski definition) is 2. The van der Waals surface area contributed by atoms with E-state index in [1.165, 1.54) is 38.5 Å². The molecular weight excluding hydrogens is 352 g/mol. The van der Waals surface area contributed by atoms with Crippen molar-refractivity contribution in [1.82, 2.24) is 0 Å². The van der Waals surface area contributed by atoms with Crippen LogP contribution in [0.2, 0.25) is 0 Å². The van der Waals surface area contributed by atoms with Crippen molar-refractivity contribution >= 4 is 22.7 Å². The predicted octanol–water partition coefficient (Wildman–Crippen LogP) is 3.34. The molecule has 0 amide bonds. The number of benzene rings is 2. The Labute approximate surface area is 154 Å². The van der Waals surface area contributed by atoms with Gasteiger partial charge in [-0.25, -0.2) is 0 Å². The molecule has 0 aliphatic carbocycles. The molecule has 2 aromatic carbocycles. The Bertz CT molecular complexity index is 1020. The van der Waals surface area contributed by atoms with Crippen LogP contribution in [-0.4, -0.2) is 29.1 Å². The van der Waals surface area contributed by atoms with E-state index < -0.39 is 5.97 Å². The minimum atomic E-state index is -0.412. The Morgan fingerprint density at radius 3 is 2.56 bits per heavy atom. The second-order valence-electron chi connectivity index (χ2n) is 5.99. The highest BCUT2D eigenvalue weighted by atomic mass is 16.5. The van der Waals surface area contributed by atoms with Crippen LogP contribution in [0.4, 0.5) is 0 Å². The van der Waals surface area contributed by atoms with Gasteiger partial charge in [0.05, 0.1) is 19.8 Å². The summed E-state index contributed by atoms with van der Waals surface area (Å²) in [5, 5.41) is 19.8. The van der Waals surface area contributed by atoms with Crippen molar-refractivity contribution in [3.8, 4) is 17.2 Å². The standard InChI is InChI=1S/C20H18O7/c1-11(21)19-17(26-9-12-3-4-14(22)8-16(12)23)6-5-15-13(7-18(24)25-2)10-27-20(15)19/h3-6,8,10,22-23H,7,9H2,1-2H3. The summed E-state index contributed by atoms with van der Waals surface area (Å²) in [4.78, 5) is 23.7. The molecular formula is C20H18O7. The molecule has 0 spiro atoms. The summed E-state index contributed by atoms with van der Waals surface area (Å²) in [6.07, 6.45) is 1.45. The molecule has 0 radical (unpaired) electrons. The molecule has 0 aliphatic rings. The highest BCUT2D eigenvalue weighted by molar-refractivity contribution is 6.08. The fraction of sp³-hybridized carbons (Fsp3) is 0.200. The number of rotatable bonds is 6. The summed E-state index contributed by atoms with van der Waals surface area (Å²) in [6.45, 7) is 1.38. The third-order valence-corrected chi connectivity index (χ3v) is 4.15. The number of carbonyl (C=O) groups excluding carboxylic acids is 2. The van der Waals surface area contributed by atoms with Crippen molar-refractivity contribution in [2.24, 2.45) is 0 Å². The SMILES string of the molecule is COC(=O)Cc1coc2c(C(C)=O)c(OCc3ccc(O)cc3O)ccc12. The molecule has 0 aliphatic heterocycles. The minimum absolute atomic E-state index is 0.00632. The van der Waals surface area contributed by atoms with E-state index in [2.05, 4.69) is 4.74 Å². The van der Waals surface area contributed by atoms with E-state index in [0.29, 0.717) is 27.8 Å². The van der Waals surface area contributed by atoms with Gasteiger partial charge in [-0.15, -0.1) is 0 Å². The summed E-state index contributed by atoms with van der Waals surface area (Å²) in [5.41, 5.74) is 1.64. The highest BCUT2D eigenvalue weighted by Crippen LogP contribution is 2.33. The van der Waals surface area contributed by atoms with Crippen molar-refractivity contribution in [3.63, 3.8) is 0 Å². The van der Waals surface area contributed by atoms with Gasteiger partial charge in [0.25, 0.3) is 0 Å². The first-order valence-corrected chi connectivity index (χ1v) is 8.15. The van der Waals surface area contributed by atoms with Crippen LogP contribution in [0.25, 0.3) is 11.0 Å². The summed E-state index contributed by atoms with van der Waals surface area (Å²) in [7, 11) is 1.30. The van der Waals surface area contributed by atoms with Crippen LogP contribution in [0.1, 0.15) is 28.4 Å². The van der Waals surface area contributed by atoms with Crippen molar-refractivity contribution in [1.29, 1.82) is 0 Å². The van der Waals surface area contributed by atoms with Gasteiger partial charge in [-0.2, -0.15) is 0 Å². The Balaban J connectivity index is 1.94. The van der Waals surface area contributed by atoms with Crippen LogP contribution >= 0.6 is 0 Å². The molecule has 0 saturated heterocycles. The van der Waals surface area contributed by atoms with Crippen LogP contribution in [0.15, 0.2) is 41.0 Å². The smallest absolute Gasteiger partial charge is 0.310 e. The lowest BCUT2D eigenvalue weighted by atomic mass is 10.0. The Morgan fingerprint density at radius 1 is 1.11 bits per heavy atom. The predicted molar refractivity (Wildman–Crippen MR) is 96.0 cm³/mol. The van der Waals surface area contributed by atoms with Gasteiger partial charge in [0.15, 0.2) is 5.78 Å². The number of phenols is 2. The van der Waals surface area contributed by atoms with E-state index in [0.717, 1.165) is 0 Å². The fourth-order valence-electron chi connectivity index (χ4n) is 2.78. The van der Waals surface area contributed by atoms with Gasteiger partial charge in [-0.1, -0.05) is 0 Å².